The average molecular weight is 549 g/mol. The highest BCUT2D eigenvalue weighted by Crippen LogP contribution is 2.29. The molecule has 0 saturated carbocycles. The van der Waals surface area contributed by atoms with Crippen LogP contribution < -0.4 is 16.0 Å². The molecule has 0 bridgehead atoms. The van der Waals surface area contributed by atoms with Gasteiger partial charge in [0.1, 0.15) is 11.4 Å². The summed E-state index contributed by atoms with van der Waals surface area (Å²) < 4.78 is 10.8. The molecule has 208 valence electrons. The number of hydrogen-bond donors (Lipinski definition) is 3. The van der Waals surface area contributed by atoms with Crippen molar-refractivity contribution < 1.29 is 29.0 Å². The van der Waals surface area contributed by atoms with E-state index in [9.17, 15) is 4.79 Å². The highest BCUT2D eigenvalue weighted by Gasteiger charge is 2.24. The number of carbonyl (C=O) groups is 2. The summed E-state index contributed by atoms with van der Waals surface area (Å²) in [6, 6.07) is 13.0. The summed E-state index contributed by atoms with van der Waals surface area (Å²) in [6.07, 6.45) is 1.72. The first-order valence-corrected chi connectivity index (χ1v) is 12.7. The fraction of sp³-hybridized carbons (Fsp3) is 0.444. The van der Waals surface area contributed by atoms with Gasteiger partial charge in [-0.1, -0.05) is 23.7 Å². The van der Waals surface area contributed by atoms with Gasteiger partial charge in [-0.3, -0.25) is 4.79 Å². The van der Waals surface area contributed by atoms with E-state index in [2.05, 4.69) is 10.5 Å². The number of rotatable bonds is 4. The lowest BCUT2D eigenvalue weighted by Gasteiger charge is -2.23. The zero-order valence-electron chi connectivity index (χ0n) is 22.4. The first-order valence-electron chi connectivity index (χ1n) is 12.3. The Morgan fingerprint density at radius 1 is 1.21 bits per heavy atom. The molecule has 0 aliphatic carbocycles. The molecule has 11 heteroatoms. The third-order valence-electron chi connectivity index (χ3n) is 5.06. The van der Waals surface area contributed by atoms with Crippen molar-refractivity contribution in [2.75, 3.05) is 18.8 Å². The number of hydroxylamine groups is 1. The Balaban J connectivity index is 0.000000284. The van der Waals surface area contributed by atoms with E-state index in [-0.39, 0.29) is 24.3 Å². The van der Waals surface area contributed by atoms with Crippen LogP contribution in [0.25, 0.3) is 0 Å². The maximum absolute atomic E-state index is 11.4. The van der Waals surface area contributed by atoms with E-state index in [4.69, 9.17) is 41.5 Å². The van der Waals surface area contributed by atoms with Gasteiger partial charge in [-0.15, -0.1) is 0 Å². The van der Waals surface area contributed by atoms with Crippen LogP contribution in [0.5, 0.6) is 5.75 Å². The van der Waals surface area contributed by atoms with Crippen molar-refractivity contribution in [3.63, 3.8) is 0 Å². The van der Waals surface area contributed by atoms with Gasteiger partial charge in [0, 0.05) is 29.9 Å². The number of aliphatic imine (C=N–C) groups is 1. The summed E-state index contributed by atoms with van der Waals surface area (Å²) in [5.41, 5.74) is 10.6. The molecule has 2 aliphatic heterocycles. The molecule has 0 aromatic heterocycles. The Hall–Kier alpha value is -3.50. The molecule has 0 radical (unpaired) electrons. The van der Waals surface area contributed by atoms with E-state index in [1.54, 1.807) is 11.0 Å². The van der Waals surface area contributed by atoms with Gasteiger partial charge in [0.25, 0.3) is 6.47 Å². The average Bonchev–Trinajstić information content (AvgIpc) is 3.53. The van der Waals surface area contributed by atoms with Crippen molar-refractivity contribution in [3.05, 3.63) is 58.6 Å². The third kappa shape index (κ3) is 10.1. The smallest absolute Gasteiger partial charge is 0.410 e. The summed E-state index contributed by atoms with van der Waals surface area (Å²) in [5, 5.41) is 7.43. The van der Waals surface area contributed by atoms with Crippen molar-refractivity contribution in [2.45, 2.75) is 65.4 Å². The Bertz CT molecular complexity index is 1080. The topological polar surface area (TPSA) is 136 Å². The maximum Gasteiger partial charge on any atom is 0.410 e. The quantitative estimate of drug-likeness (QED) is 0.341. The van der Waals surface area contributed by atoms with Gasteiger partial charge in [-0.05, 0) is 77.8 Å². The first kappa shape index (κ1) is 30.7. The second kappa shape index (κ2) is 14.4. The zero-order chi connectivity index (χ0) is 28.3. The maximum atomic E-state index is 11.4. The van der Waals surface area contributed by atoms with Crippen LogP contribution in [0.3, 0.4) is 0 Å². The number of carbonyl (C=O) groups excluding carboxylic acids is 1. The number of nitrogens with zero attached hydrogens (tertiary/aromatic N) is 2. The summed E-state index contributed by atoms with van der Waals surface area (Å²) >= 11 is 6.26. The molecule has 2 aliphatic rings. The molecule has 38 heavy (non-hydrogen) atoms. The molecule has 2 aromatic rings. The number of amidine groups is 1. The Kier molecular flexibility index (Phi) is 11.7. The van der Waals surface area contributed by atoms with Gasteiger partial charge in [0.15, 0.2) is 5.84 Å². The second-order valence-electron chi connectivity index (χ2n) is 9.81. The van der Waals surface area contributed by atoms with E-state index >= 15 is 0 Å². The molecule has 2 heterocycles. The zero-order valence-corrected chi connectivity index (χ0v) is 23.2. The predicted octanol–water partition coefficient (Wildman–Crippen LogP) is 5.41. The number of likely N-dealkylation sites (tertiary alicyclic amines) is 1. The van der Waals surface area contributed by atoms with Crippen LogP contribution in [0.4, 0.5) is 10.5 Å². The van der Waals surface area contributed by atoms with Gasteiger partial charge in [0.2, 0.25) is 6.23 Å². The minimum Gasteiger partial charge on any atom is -0.489 e. The van der Waals surface area contributed by atoms with E-state index in [0.717, 1.165) is 37.1 Å². The van der Waals surface area contributed by atoms with Gasteiger partial charge >= 0.3 is 6.09 Å². The van der Waals surface area contributed by atoms with Crippen LogP contribution in [-0.2, 0) is 14.4 Å². The molecule has 1 unspecified atom stereocenters. The molecule has 1 fully saturated rings. The van der Waals surface area contributed by atoms with Crippen LogP contribution in [0.1, 0.15) is 64.8 Å². The number of amides is 1. The van der Waals surface area contributed by atoms with Gasteiger partial charge in [0.05, 0.1) is 11.1 Å². The molecule has 10 nitrogen and oxygen atoms in total. The lowest BCUT2D eigenvalue weighted by atomic mass is 10.1. The van der Waals surface area contributed by atoms with Gasteiger partial charge in [-0.25, -0.2) is 20.1 Å². The van der Waals surface area contributed by atoms with Gasteiger partial charge < -0.3 is 25.2 Å². The van der Waals surface area contributed by atoms with Gasteiger partial charge in [-0.2, -0.15) is 0 Å². The van der Waals surface area contributed by atoms with Crippen molar-refractivity contribution in [1.29, 1.82) is 0 Å². The summed E-state index contributed by atoms with van der Waals surface area (Å²) in [6.45, 7) is 11.0. The van der Waals surface area contributed by atoms with E-state index < -0.39 is 6.23 Å². The molecule has 0 spiro atoms. The molecule has 1 atom stereocenters. The summed E-state index contributed by atoms with van der Waals surface area (Å²) in [5.74, 6) is 1.28. The lowest BCUT2D eigenvalue weighted by Crippen LogP contribution is -2.34. The number of ether oxygens (including phenoxy) is 2. The second-order valence-corrected chi connectivity index (χ2v) is 10.2. The number of nitrogens with one attached hydrogen (secondary N) is 1. The number of hydrogen-bond acceptors (Lipinski definition) is 8. The Morgan fingerprint density at radius 3 is 2.34 bits per heavy atom. The largest absolute Gasteiger partial charge is 0.489 e. The third-order valence-corrected chi connectivity index (χ3v) is 5.36. The minimum absolute atomic E-state index is 0.0681. The van der Waals surface area contributed by atoms with E-state index in [1.807, 2.05) is 71.0 Å². The fourth-order valence-electron chi connectivity index (χ4n) is 3.44. The molecular weight excluding hydrogens is 512 g/mol. The minimum atomic E-state index is -0.407. The van der Waals surface area contributed by atoms with Crippen LogP contribution >= 0.6 is 11.6 Å². The van der Waals surface area contributed by atoms with Crippen molar-refractivity contribution >= 4 is 35.7 Å². The number of halogens is 1. The Labute approximate surface area is 228 Å². The number of benzene rings is 2. The van der Waals surface area contributed by atoms with Crippen LogP contribution in [0, 0.1) is 0 Å². The monoisotopic (exact) mass is 548 g/mol. The van der Waals surface area contributed by atoms with E-state index in [1.165, 1.54) is 0 Å². The molecule has 1 saturated heterocycles. The van der Waals surface area contributed by atoms with Crippen LogP contribution in [0.15, 0.2) is 47.5 Å². The SMILES string of the molecule is CC(C)(C)OC(=O)N1CCCC1.CC(C)Oc1ccc(C2=NC(c3ccc(N)cc3)ON2)cc1Cl.O=CO. The summed E-state index contributed by atoms with van der Waals surface area (Å²) in [4.78, 5) is 31.5. The Morgan fingerprint density at radius 2 is 1.82 bits per heavy atom. The van der Waals surface area contributed by atoms with Crippen molar-refractivity contribution in [3.8, 4) is 5.75 Å². The number of nitrogens with two attached hydrogens (primary N) is 1. The van der Waals surface area contributed by atoms with E-state index in [0.29, 0.717) is 22.3 Å². The molecule has 2 aromatic carbocycles. The molecule has 4 N–H and O–H groups in total. The van der Waals surface area contributed by atoms with Crippen molar-refractivity contribution in [1.82, 2.24) is 10.4 Å². The molecular formula is C27H37ClN4O6. The standard InChI is InChI=1S/C17H18ClN3O2.C9H17NO2.CH2O2/c1-10(2)22-15-8-5-12(9-14(15)18)16-20-17(23-21-16)11-3-6-13(19)7-4-11;1-9(2,3)12-8(11)10-6-4-5-7-10;2-1-3/h3-10,17H,19H2,1-2H3,(H,20,21);4-7H2,1-3H3;1H,(H,2,3). The first-order chi connectivity index (χ1) is 17.9. The highest BCUT2D eigenvalue weighted by atomic mass is 35.5. The lowest BCUT2D eigenvalue weighted by molar-refractivity contribution is -0.122. The summed E-state index contributed by atoms with van der Waals surface area (Å²) in [7, 11) is 0. The van der Waals surface area contributed by atoms with Crippen LogP contribution in [0.2, 0.25) is 5.02 Å². The highest BCUT2D eigenvalue weighted by molar-refractivity contribution is 6.32. The predicted molar refractivity (Wildman–Crippen MR) is 147 cm³/mol. The molecule has 4 rings (SSSR count). The normalized spacial score (nSPS) is 16.3. The number of carboxylic acid groups (broad SMARTS) is 1. The number of nitrogen functional groups attached to an aromatic ring is 1. The number of anilines is 1. The van der Waals surface area contributed by atoms with Crippen molar-refractivity contribution in [2.24, 2.45) is 4.99 Å². The fourth-order valence-corrected chi connectivity index (χ4v) is 3.67. The molecule has 1 amide bonds. The van der Waals surface area contributed by atoms with Crippen LogP contribution in [-0.4, -0.2) is 53.2 Å².